The van der Waals surface area contributed by atoms with Crippen molar-refractivity contribution in [1.29, 1.82) is 5.26 Å². The number of ether oxygens (including phenoxy) is 1. The van der Waals surface area contributed by atoms with Gasteiger partial charge in [0.15, 0.2) is 0 Å². The van der Waals surface area contributed by atoms with E-state index in [2.05, 4.69) is 4.99 Å². The van der Waals surface area contributed by atoms with Crippen molar-refractivity contribution in [2.45, 2.75) is 0 Å². The maximum absolute atomic E-state index is 10.5. The molecule has 100 valence electrons. The summed E-state index contributed by atoms with van der Waals surface area (Å²) in [5.74, 6) is 1.23. The molecule has 6 nitrogen and oxygen atoms in total. The highest BCUT2D eigenvalue weighted by atomic mass is 32.2. The molecule has 0 aliphatic rings. The summed E-state index contributed by atoms with van der Waals surface area (Å²) >= 11 is 2.84. The molecule has 8 heteroatoms. The fourth-order valence-corrected chi connectivity index (χ4v) is 2.43. The van der Waals surface area contributed by atoms with E-state index in [4.69, 9.17) is 10.00 Å². The lowest BCUT2D eigenvalue weighted by molar-refractivity contribution is -0.384. The number of benzene rings is 1. The van der Waals surface area contributed by atoms with Crippen LogP contribution in [-0.4, -0.2) is 27.9 Å². The zero-order valence-corrected chi connectivity index (χ0v) is 11.7. The summed E-state index contributed by atoms with van der Waals surface area (Å²) in [7, 11) is 0. The van der Waals surface area contributed by atoms with E-state index in [9.17, 15) is 10.1 Å². The van der Waals surface area contributed by atoms with Crippen molar-refractivity contribution in [3.8, 4) is 11.9 Å². The minimum Gasteiger partial charge on any atom is -0.493 e. The van der Waals surface area contributed by atoms with Gasteiger partial charge in [0.25, 0.3) is 5.69 Å². The minimum atomic E-state index is -0.456. The third-order valence-corrected chi connectivity index (χ3v) is 3.94. The molecule has 0 radical (unpaired) electrons. The zero-order valence-electron chi connectivity index (χ0n) is 10.1. The second-order valence-electron chi connectivity index (χ2n) is 3.13. The van der Waals surface area contributed by atoms with Crippen LogP contribution in [0.15, 0.2) is 29.3 Å². The third-order valence-electron chi connectivity index (χ3n) is 1.94. The molecule has 0 atom stereocenters. The second-order valence-corrected chi connectivity index (χ2v) is 5.27. The Kier molecular flexibility index (Phi) is 6.78. The largest absolute Gasteiger partial charge is 0.493 e. The van der Waals surface area contributed by atoms with E-state index in [1.807, 2.05) is 6.26 Å². The number of aliphatic imine (C=N–C) groups is 1. The maximum Gasteiger partial charge on any atom is 0.269 e. The maximum atomic E-state index is 10.5. The molecule has 0 aliphatic carbocycles. The summed E-state index contributed by atoms with van der Waals surface area (Å²) in [6.45, 7) is 0.438. The van der Waals surface area contributed by atoms with Gasteiger partial charge in [0.05, 0.1) is 11.5 Å². The first kappa shape index (κ1) is 15.3. The van der Waals surface area contributed by atoms with Crippen LogP contribution in [0, 0.1) is 21.6 Å². The fraction of sp³-hybridized carbons (Fsp3) is 0.273. The SMILES string of the molecule is CSC(=NC#N)SCCOc1ccc([N+](=O)[O-])cc1. The molecule has 1 rings (SSSR count). The van der Waals surface area contributed by atoms with Gasteiger partial charge in [0.1, 0.15) is 10.1 Å². The number of rotatable bonds is 5. The summed E-state index contributed by atoms with van der Waals surface area (Å²) in [6, 6.07) is 5.91. The predicted octanol–water partition coefficient (Wildman–Crippen LogP) is 2.91. The molecule has 0 unspecified atom stereocenters. The van der Waals surface area contributed by atoms with Gasteiger partial charge in [-0.1, -0.05) is 11.8 Å². The fourth-order valence-electron chi connectivity index (χ4n) is 1.13. The first-order valence-corrected chi connectivity index (χ1v) is 7.39. The number of nitriles is 1. The second kappa shape index (κ2) is 8.39. The van der Waals surface area contributed by atoms with Crippen LogP contribution >= 0.6 is 23.5 Å². The standard InChI is InChI=1S/C11H11N3O3S2/c1-18-11(13-8-12)19-7-6-17-10-4-2-9(3-5-10)14(15)16/h2-5H,6-7H2,1H3. The van der Waals surface area contributed by atoms with Gasteiger partial charge in [-0.3, -0.25) is 10.1 Å². The van der Waals surface area contributed by atoms with E-state index < -0.39 is 4.92 Å². The van der Waals surface area contributed by atoms with Crippen LogP contribution in [0.3, 0.4) is 0 Å². The lowest BCUT2D eigenvalue weighted by Gasteiger charge is -2.05. The van der Waals surface area contributed by atoms with E-state index in [1.165, 1.54) is 35.7 Å². The third kappa shape index (κ3) is 5.63. The Hall–Kier alpha value is -1.72. The van der Waals surface area contributed by atoms with Crippen molar-refractivity contribution in [2.24, 2.45) is 4.99 Å². The molecule has 0 aliphatic heterocycles. The molecule has 0 saturated heterocycles. The average molecular weight is 297 g/mol. The van der Waals surface area contributed by atoms with Gasteiger partial charge in [-0.05, 0) is 18.4 Å². The molecule has 0 fully saturated rings. The van der Waals surface area contributed by atoms with Crippen LogP contribution in [0.2, 0.25) is 0 Å². The Balaban J connectivity index is 2.36. The average Bonchev–Trinajstić information content (AvgIpc) is 2.42. The quantitative estimate of drug-likeness (QED) is 0.207. The van der Waals surface area contributed by atoms with Crippen molar-refractivity contribution in [3.63, 3.8) is 0 Å². The van der Waals surface area contributed by atoms with Gasteiger partial charge in [-0.25, -0.2) is 0 Å². The molecule has 0 bridgehead atoms. The topological polar surface area (TPSA) is 88.5 Å². The predicted molar refractivity (Wildman–Crippen MR) is 77.6 cm³/mol. The summed E-state index contributed by atoms with van der Waals surface area (Å²) < 4.78 is 6.11. The molecule has 0 N–H and O–H groups in total. The van der Waals surface area contributed by atoms with E-state index in [0.717, 1.165) is 0 Å². The van der Waals surface area contributed by atoms with Crippen LogP contribution in [0.4, 0.5) is 5.69 Å². The molecular formula is C11H11N3O3S2. The normalized spacial score (nSPS) is 10.8. The van der Waals surface area contributed by atoms with Crippen molar-refractivity contribution >= 4 is 33.6 Å². The Labute approximate surface area is 119 Å². The van der Waals surface area contributed by atoms with Crippen LogP contribution in [0.25, 0.3) is 0 Å². The van der Waals surface area contributed by atoms with Gasteiger partial charge < -0.3 is 4.74 Å². The number of nitrogens with zero attached hydrogens (tertiary/aromatic N) is 3. The summed E-state index contributed by atoms with van der Waals surface area (Å²) in [5.41, 5.74) is 0.0348. The van der Waals surface area contributed by atoms with E-state index in [1.54, 1.807) is 18.3 Å². The van der Waals surface area contributed by atoms with E-state index in [0.29, 0.717) is 22.5 Å². The molecule has 1 aromatic rings. The van der Waals surface area contributed by atoms with Gasteiger partial charge in [-0.15, -0.1) is 11.8 Å². The molecule has 1 aromatic carbocycles. The number of hydrogen-bond acceptors (Lipinski definition) is 7. The van der Waals surface area contributed by atoms with Gasteiger partial charge >= 0.3 is 0 Å². The van der Waals surface area contributed by atoms with Gasteiger partial charge in [0.2, 0.25) is 6.19 Å². The lowest BCUT2D eigenvalue weighted by Crippen LogP contribution is -2.02. The molecule has 0 heterocycles. The molecular weight excluding hydrogens is 286 g/mol. The Morgan fingerprint density at radius 3 is 2.74 bits per heavy atom. The Morgan fingerprint density at radius 2 is 2.21 bits per heavy atom. The number of hydrogen-bond donors (Lipinski definition) is 0. The number of thioether (sulfide) groups is 2. The van der Waals surface area contributed by atoms with Crippen LogP contribution in [0.5, 0.6) is 5.75 Å². The summed E-state index contributed by atoms with van der Waals surface area (Å²) in [4.78, 5) is 13.6. The first-order valence-electron chi connectivity index (χ1n) is 5.18. The van der Waals surface area contributed by atoms with E-state index >= 15 is 0 Å². The molecule has 0 amide bonds. The van der Waals surface area contributed by atoms with Crippen molar-refractivity contribution in [3.05, 3.63) is 34.4 Å². The zero-order chi connectivity index (χ0) is 14.1. The Bertz CT molecular complexity index is 497. The number of nitro groups is 1. The lowest BCUT2D eigenvalue weighted by atomic mass is 10.3. The number of non-ortho nitro benzene ring substituents is 1. The van der Waals surface area contributed by atoms with Crippen molar-refractivity contribution < 1.29 is 9.66 Å². The van der Waals surface area contributed by atoms with Crippen LogP contribution in [0.1, 0.15) is 0 Å². The molecule has 0 aromatic heterocycles. The van der Waals surface area contributed by atoms with E-state index in [-0.39, 0.29) is 5.69 Å². The van der Waals surface area contributed by atoms with Gasteiger partial charge in [0, 0.05) is 17.9 Å². The van der Waals surface area contributed by atoms with Crippen molar-refractivity contribution in [1.82, 2.24) is 0 Å². The molecule has 0 spiro atoms. The summed E-state index contributed by atoms with van der Waals surface area (Å²) in [6.07, 6.45) is 3.58. The highest BCUT2D eigenvalue weighted by Gasteiger charge is 2.04. The highest BCUT2D eigenvalue weighted by molar-refractivity contribution is 8.38. The first-order chi connectivity index (χ1) is 9.17. The molecule has 19 heavy (non-hydrogen) atoms. The van der Waals surface area contributed by atoms with Crippen LogP contribution < -0.4 is 4.74 Å². The number of nitro benzene ring substituents is 1. The van der Waals surface area contributed by atoms with Crippen molar-refractivity contribution in [2.75, 3.05) is 18.6 Å². The summed E-state index contributed by atoms with van der Waals surface area (Å²) in [5, 5.41) is 18.9. The minimum absolute atomic E-state index is 0.0348. The smallest absolute Gasteiger partial charge is 0.269 e. The monoisotopic (exact) mass is 297 g/mol. The van der Waals surface area contributed by atoms with Gasteiger partial charge in [-0.2, -0.15) is 10.3 Å². The Morgan fingerprint density at radius 1 is 1.53 bits per heavy atom. The highest BCUT2D eigenvalue weighted by Crippen LogP contribution is 2.18. The van der Waals surface area contributed by atoms with Crippen LogP contribution in [-0.2, 0) is 0 Å². The molecule has 0 saturated carbocycles.